The predicted molar refractivity (Wildman–Crippen MR) is 171 cm³/mol. The van der Waals surface area contributed by atoms with E-state index in [9.17, 15) is 18.8 Å². The van der Waals surface area contributed by atoms with Crippen molar-refractivity contribution in [3.8, 4) is 0 Å². The van der Waals surface area contributed by atoms with Crippen LogP contribution >= 0.6 is 0 Å². The highest BCUT2D eigenvalue weighted by molar-refractivity contribution is 5.99. The van der Waals surface area contributed by atoms with Crippen LogP contribution in [-0.4, -0.2) is 60.4 Å². The number of carbonyl (C=O) groups is 3. The normalized spacial score (nSPS) is 12.9. The highest BCUT2D eigenvalue weighted by Gasteiger charge is 2.22. The van der Waals surface area contributed by atoms with Crippen LogP contribution in [0.4, 0.5) is 26.2 Å². The molecule has 226 valence electrons. The van der Waals surface area contributed by atoms with Gasteiger partial charge in [0.2, 0.25) is 5.91 Å². The zero-order valence-electron chi connectivity index (χ0n) is 24.9. The minimum absolute atomic E-state index is 0.110. The zero-order chi connectivity index (χ0) is 31.1. The number of anilines is 3. The lowest BCUT2D eigenvalue weighted by Gasteiger charge is -2.36. The summed E-state index contributed by atoms with van der Waals surface area (Å²) in [6.07, 6.45) is 0. The molecule has 0 bridgehead atoms. The molecular weight excluding hydrogens is 557 g/mol. The summed E-state index contributed by atoms with van der Waals surface area (Å²) in [5.41, 5.74) is 5.74. The molecule has 8 nitrogen and oxygen atoms in total. The number of rotatable bonds is 8. The van der Waals surface area contributed by atoms with E-state index in [0.29, 0.717) is 37.4 Å². The van der Waals surface area contributed by atoms with E-state index in [4.69, 9.17) is 0 Å². The summed E-state index contributed by atoms with van der Waals surface area (Å²) in [6, 6.07) is 28.2. The summed E-state index contributed by atoms with van der Waals surface area (Å²) >= 11 is 0. The van der Waals surface area contributed by atoms with Gasteiger partial charge in [0.05, 0.1) is 0 Å². The molecule has 0 spiro atoms. The van der Waals surface area contributed by atoms with Gasteiger partial charge in [0.15, 0.2) is 0 Å². The zero-order valence-corrected chi connectivity index (χ0v) is 24.9. The lowest BCUT2D eigenvalue weighted by atomic mass is 10.1. The van der Waals surface area contributed by atoms with Gasteiger partial charge in [-0.3, -0.25) is 9.59 Å². The van der Waals surface area contributed by atoms with Crippen molar-refractivity contribution in [2.24, 2.45) is 0 Å². The Morgan fingerprint density at radius 1 is 0.705 bits per heavy atom. The number of hydrogen-bond donors (Lipinski definition) is 2. The molecule has 44 heavy (non-hydrogen) atoms. The van der Waals surface area contributed by atoms with Crippen LogP contribution in [0.1, 0.15) is 27.0 Å². The SMILES string of the molecule is Cc1ccc(NC(=O)N2CCN(c3ccc(NC(=O)CN(Cc4ccc(F)cc4)C(=O)c4ccc(C)cc4)cc3)CC2)cc1. The molecular formula is C35H36FN5O3. The second-order valence-corrected chi connectivity index (χ2v) is 11.0. The Morgan fingerprint density at radius 3 is 1.86 bits per heavy atom. The molecule has 2 N–H and O–H groups in total. The molecule has 5 rings (SSSR count). The lowest BCUT2D eigenvalue weighted by molar-refractivity contribution is -0.117. The van der Waals surface area contributed by atoms with Gasteiger partial charge in [-0.05, 0) is 80.1 Å². The van der Waals surface area contributed by atoms with E-state index >= 15 is 0 Å². The van der Waals surface area contributed by atoms with Crippen LogP contribution in [0.2, 0.25) is 0 Å². The molecule has 1 aliphatic heterocycles. The molecule has 4 aromatic carbocycles. The van der Waals surface area contributed by atoms with Gasteiger partial charge in [-0.2, -0.15) is 0 Å². The second kappa shape index (κ2) is 13.9. The van der Waals surface area contributed by atoms with Crippen molar-refractivity contribution < 1.29 is 18.8 Å². The van der Waals surface area contributed by atoms with E-state index in [-0.39, 0.29) is 36.8 Å². The monoisotopic (exact) mass is 593 g/mol. The van der Waals surface area contributed by atoms with Crippen molar-refractivity contribution in [1.29, 1.82) is 0 Å². The quantitative estimate of drug-likeness (QED) is 0.260. The number of piperazine rings is 1. The van der Waals surface area contributed by atoms with Crippen LogP contribution in [-0.2, 0) is 11.3 Å². The minimum Gasteiger partial charge on any atom is -0.368 e. The first-order valence-electron chi connectivity index (χ1n) is 14.6. The average Bonchev–Trinajstić information content (AvgIpc) is 3.03. The maximum Gasteiger partial charge on any atom is 0.321 e. The van der Waals surface area contributed by atoms with E-state index in [1.165, 1.54) is 17.0 Å². The fraction of sp³-hybridized carbons (Fsp3) is 0.229. The fourth-order valence-corrected chi connectivity index (χ4v) is 5.03. The molecule has 0 radical (unpaired) electrons. The Balaban J connectivity index is 1.16. The number of urea groups is 1. The van der Waals surface area contributed by atoms with Gasteiger partial charge >= 0.3 is 6.03 Å². The number of aryl methyl sites for hydroxylation is 2. The molecule has 0 saturated carbocycles. The van der Waals surface area contributed by atoms with Crippen molar-refractivity contribution in [1.82, 2.24) is 9.80 Å². The maximum absolute atomic E-state index is 13.5. The third-order valence-corrected chi connectivity index (χ3v) is 7.59. The second-order valence-electron chi connectivity index (χ2n) is 11.0. The first-order chi connectivity index (χ1) is 21.2. The average molecular weight is 594 g/mol. The molecule has 0 aliphatic carbocycles. The molecule has 0 atom stereocenters. The number of halogens is 1. The predicted octanol–water partition coefficient (Wildman–Crippen LogP) is 6.08. The molecule has 9 heteroatoms. The van der Waals surface area contributed by atoms with Gasteiger partial charge in [0.25, 0.3) is 5.91 Å². The van der Waals surface area contributed by atoms with E-state index in [1.54, 1.807) is 29.2 Å². The smallest absolute Gasteiger partial charge is 0.321 e. The highest BCUT2D eigenvalue weighted by Crippen LogP contribution is 2.21. The molecule has 1 fully saturated rings. The number of carbonyl (C=O) groups excluding carboxylic acids is 3. The number of nitrogens with one attached hydrogen (secondary N) is 2. The molecule has 1 saturated heterocycles. The van der Waals surface area contributed by atoms with Crippen molar-refractivity contribution in [3.05, 3.63) is 125 Å². The summed E-state index contributed by atoms with van der Waals surface area (Å²) in [5, 5.41) is 5.84. The molecule has 0 aromatic heterocycles. The summed E-state index contributed by atoms with van der Waals surface area (Å²) in [4.78, 5) is 44.6. The highest BCUT2D eigenvalue weighted by atomic mass is 19.1. The van der Waals surface area contributed by atoms with Gasteiger partial charge in [-0.25, -0.2) is 9.18 Å². The summed E-state index contributed by atoms with van der Waals surface area (Å²) in [5.74, 6) is -0.989. The number of benzene rings is 4. The third-order valence-electron chi connectivity index (χ3n) is 7.59. The minimum atomic E-state index is -0.364. The van der Waals surface area contributed by atoms with E-state index < -0.39 is 0 Å². The van der Waals surface area contributed by atoms with Gasteiger partial charge in [-0.1, -0.05) is 47.5 Å². The van der Waals surface area contributed by atoms with Crippen LogP contribution < -0.4 is 15.5 Å². The Hall–Kier alpha value is -5.18. The Morgan fingerprint density at radius 2 is 1.25 bits per heavy atom. The number of hydrogen-bond acceptors (Lipinski definition) is 4. The molecule has 1 aliphatic rings. The number of amides is 4. The fourth-order valence-electron chi connectivity index (χ4n) is 5.03. The van der Waals surface area contributed by atoms with Crippen LogP contribution in [0.3, 0.4) is 0 Å². The van der Waals surface area contributed by atoms with Gasteiger partial charge in [-0.15, -0.1) is 0 Å². The van der Waals surface area contributed by atoms with Gasteiger partial charge < -0.3 is 25.3 Å². The molecule has 4 aromatic rings. The molecule has 1 heterocycles. The van der Waals surface area contributed by atoms with Gasteiger partial charge in [0, 0.05) is 55.3 Å². The van der Waals surface area contributed by atoms with Crippen molar-refractivity contribution in [2.75, 3.05) is 48.3 Å². The van der Waals surface area contributed by atoms with Crippen LogP contribution in [0, 0.1) is 19.7 Å². The Kier molecular flexibility index (Phi) is 9.54. The van der Waals surface area contributed by atoms with Crippen molar-refractivity contribution in [3.63, 3.8) is 0 Å². The molecule has 4 amide bonds. The maximum atomic E-state index is 13.5. The van der Waals surface area contributed by atoms with E-state index in [0.717, 1.165) is 28.1 Å². The van der Waals surface area contributed by atoms with Crippen LogP contribution in [0.25, 0.3) is 0 Å². The summed E-state index contributed by atoms with van der Waals surface area (Å²) in [6.45, 7) is 6.50. The lowest BCUT2D eigenvalue weighted by Crippen LogP contribution is -2.50. The summed E-state index contributed by atoms with van der Waals surface area (Å²) < 4.78 is 13.5. The van der Waals surface area contributed by atoms with Crippen molar-refractivity contribution >= 4 is 34.9 Å². The summed E-state index contributed by atoms with van der Waals surface area (Å²) in [7, 11) is 0. The molecule has 0 unspecified atom stereocenters. The van der Waals surface area contributed by atoms with Crippen LogP contribution in [0.15, 0.2) is 97.1 Å². The van der Waals surface area contributed by atoms with Crippen LogP contribution in [0.5, 0.6) is 0 Å². The topological polar surface area (TPSA) is 85.0 Å². The Labute approximate surface area is 257 Å². The van der Waals surface area contributed by atoms with Gasteiger partial charge in [0.1, 0.15) is 12.4 Å². The van der Waals surface area contributed by atoms with E-state index in [2.05, 4.69) is 15.5 Å². The third kappa shape index (κ3) is 8.01. The Bertz CT molecular complexity index is 1580. The van der Waals surface area contributed by atoms with Crippen molar-refractivity contribution in [2.45, 2.75) is 20.4 Å². The van der Waals surface area contributed by atoms with E-state index in [1.807, 2.05) is 74.5 Å². The largest absolute Gasteiger partial charge is 0.368 e. The first-order valence-corrected chi connectivity index (χ1v) is 14.6. The standard InChI is InChI=1S/C35H36FN5O3/c1-25-3-9-28(10-4-25)34(43)41(23-27-7-11-29(36)12-8-27)24-33(42)37-30-15-17-32(18-16-30)39-19-21-40(22-20-39)35(44)38-31-13-5-26(2)6-14-31/h3-18H,19-24H2,1-2H3,(H,37,42)(H,38,44). The number of nitrogens with zero attached hydrogens (tertiary/aromatic N) is 3. The first kappa shape index (κ1) is 30.3.